The molecule has 0 heterocycles. The maximum atomic E-state index is 8.67. The zero-order valence-corrected chi connectivity index (χ0v) is 12.3. The van der Waals surface area contributed by atoms with Gasteiger partial charge in [0.05, 0.1) is 5.69 Å². The van der Waals surface area contributed by atoms with Crippen LogP contribution in [0.2, 0.25) is 5.02 Å². The van der Waals surface area contributed by atoms with Crippen molar-refractivity contribution in [2.24, 2.45) is 4.99 Å². The third kappa shape index (κ3) is 3.41. The summed E-state index contributed by atoms with van der Waals surface area (Å²) in [5, 5.41) is 12.6. The lowest BCUT2D eigenvalue weighted by Gasteiger charge is -2.11. The molecule has 0 aliphatic carbocycles. The quantitative estimate of drug-likeness (QED) is 0.396. The van der Waals surface area contributed by atoms with Gasteiger partial charge >= 0.3 is 0 Å². The molecule has 96 valence electrons. The molecule has 0 aliphatic rings. The lowest BCUT2D eigenvalue weighted by atomic mass is 10.0. The second-order valence-corrected chi connectivity index (χ2v) is 4.80. The van der Waals surface area contributed by atoms with Crippen molar-refractivity contribution < 1.29 is 0 Å². The molecule has 18 heavy (non-hydrogen) atoms. The molecule has 0 aromatic heterocycles. The number of hydrogen-bond acceptors (Lipinski definition) is 3. The molecule has 0 unspecified atom stereocenters. The molecular formula is C13H16ClN3S. The molecule has 0 atom stereocenters. The predicted octanol–water partition coefficient (Wildman–Crippen LogP) is 3.89. The number of nitrogens with zero attached hydrogens (tertiary/aromatic N) is 2. The fourth-order valence-electron chi connectivity index (χ4n) is 1.70. The van der Waals surface area contributed by atoms with E-state index in [1.165, 1.54) is 11.8 Å². The molecule has 5 heteroatoms. The van der Waals surface area contributed by atoms with Gasteiger partial charge in [0.2, 0.25) is 0 Å². The minimum Gasteiger partial charge on any atom is -0.271 e. The van der Waals surface area contributed by atoms with Crippen LogP contribution in [0.3, 0.4) is 0 Å². The molecular weight excluding hydrogens is 266 g/mol. The Morgan fingerprint density at radius 1 is 1.44 bits per heavy atom. The number of amidine groups is 1. The van der Waals surface area contributed by atoms with Crippen LogP contribution < -0.4 is 5.32 Å². The molecule has 0 amide bonds. The van der Waals surface area contributed by atoms with Gasteiger partial charge in [-0.15, -0.1) is 0 Å². The van der Waals surface area contributed by atoms with Gasteiger partial charge in [-0.1, -0.05) is 43.3 Å². The van der Waals surface area contributed by atoms with Crippen LogP contribution in [0.1, 0.15) is 25.0 Å². The van der Waals surface area contributed by atoms with E-state index in [-0.39, 0.29) is 0 Å². The second kappa shape index (κ2) is 7.30. The summed E-state index contributed by atoms with van der Waals surface area (Å²) in [6.07, 6.45) is 5.48. The van der Waals surface area contributed by atoms with Gasteiger partial charge in [0.15, 0.2) is 11.4 Å². The molecule has 0 bridgehead atoms. The van der Waals surface area contributed by atoms with Crippen LogP contribution in [0.15, 0.2) is 17.1 Å². The van der Waals surface area contributed by atoms with Crippen molar-refractivity contribution in [2.45, 2.75) is 26.7 Å². The summed E-state index contributed by atoms with van der Waals surface area (Å²) < 4.78 is 0. The molecule has 1 aromatic rings. The molecule has 1 aromatic carbocycles. The maximum Gasteiger partial charge on any atom is 0.183 e. The summed E-state index contributed by atoms with van der Waals surface area (Å²) in [5.74, 6) is 0. The molecule has 0 spiro atoms. The van der Waals surface area contributed by atoms with Crippen molar-refractivity contribution in [3.8, 4) is 6.19 Å². The molecule has 1 N–H and O–H groups in total. The zero-order valence-electron chi connectivity index (χ0n) is 10.7. The Hall–Kier alpha value is -1.18. The van der Waals surface area contributed by atoms with Gasteiger partial charge < -0.3 is 0 Å². The Bertz CT molecular complexity index is 492. The SMILES string of the molecule is CCc1ccc(Cl)c(CC)c1N=C(NC#N)SC. The number of benzene rings is 1. The number of rotatable bonds is 3. The Kier molecular flexibility index (Phi) is 6.03. The van der Waals surface area contributed by atoms with Crippen LogP contribution in [-0.2, 0) is 12.8 Å². The van der Waals surface area contributed by atoms with E-state index in [1.807, 2.05) is 24.6 Å². The maximum absolute atomic E-state index is 8.67. The van der Waals surface area contributed by atoms with Crippen molar-refractivity contribution in [1.82, 2.24) is 5.32 Å². The summed E-state index contributed by atoms with van der Waals surface area (Å²) in [6, 6.07) is 3.90. The van der Waals surface area contributed by atoms with Crippen LogP contribution >= 0.6 is 23.4 Å². The highest BCUT2D eigenvalue weighted by atomic mass is 35.5. The highest BCUT2D eigenvalue weighted by molar-refractivity contribution is 8.13. The number of halogens is 1. The number of nitriles is 1. The Morgan fingerprint density at radius 2 is 2.17 bits per heavy atom. The largest absolute Gasteiger partial charge is 0.271 e. The van der Waals surface area contributed by atoms with Gasteiger partial charge in [-0.3, -0.25) is 5.32 Å². The molecule has 1 rings (SSSR count). The molecule has 0 saturated carbocycles. The first-order valence-corrected chi connectivity index (χ1v) is 7.36. The number of thioether (sulfide) groups is 1. The zero-order chi connectivity index (χ0) is 13.5. The second-order valence-electron chi connectivity index (χ2n) is 3.60. The van der Waals surface area contributed by atoms with E-state index < -0.39 is 0 Å². The van der Waals surface area contributed by atoms with Crippen molar-refractivity contribution in [1.29, 1.82) is 5.26 Å². The van der Waals surface area contributed by atoms with Crippen molar-refractivity contribution in [3.63, 3.8) is 0 Å². The Labute approximate surface area is 117 Å². The minimum atomic E-state index is 0.587. The number of aryl methyl sites for hydroxylation is 1. The summed E-state index contributed by atoms with van der Waals surface area (Å²) in [6.45, 7) is 4.13. The van der Waals surface area contributed by atoms with Gasteiger partial charge in [0, 0.05) is 5.02 Å². The van der Waals surface area contributed by atoms with Crippen LogP contribution in [0.5, 0.6) is 0 Å². The van der Waals surface area contributed by atoms with Crippen molar-refractivity contribution in [3.05, 3.63) is 28.3 Å². The third-order valence-electron chi connectivity index (χ3n) is 2.61. The lowest BCUT2D eigenvalue weighted by molar-refractivity contribution is 1.08. The fraction of sp³-hybridized carbons (Fsp3) is 0.385. The van der Waals surface area contributed by atoms with E-state index in [1.54, 1.807) is 0 Å². The molecule has 0 radical (unpaired) electrons. The van der Waals surface area contributed by atoms with Crippen LogP contribution in [-0.4, -0.2) is 11.4 Å². The van der Waals surface area contributed by atoms with Crippen LogP contribution in [0.4, 0.5) is 5.69 Å². The first kappa shape index (κ1) is 14.9. The van der Waals surface area contributed by atoms with Gasteiger partial charge in [0.1, 0.15) is 0 Å². The number of aliphatic imine (C=N–C) groups is 1. The summed E-state index contributed by atoms with van der Waals surface area (Å²) in [7, 11) is 0. The average molecular weight is 282 g/mol. The van der Waals surface area contributed by atoms with Gasteiger partial charge in [-0.2, -0.15) is 5.26 Å². The van der Waals surface area contributed by atoms with E-state index in [0.717, 1.165) is 34.7 Å². The van der Waals surface area contributed by atoms with Crippen LogP contribution in [0.25, 0.3) is 0 Å². The fourth-order valence-corrected chi connectivity index (χ4v) is 2.31. The predicted molar refractivity (Wildman–Crippen MR) is 79.6 cm³/mol. The van der Waals surface area contributed by atoms with Crippen molar-refractivity contribution in [2.75, 3.05) is 6.26 Å². The standard InChI is InChI=1S/C13H16ClN3S/c1-4-9-6-7-11(14)10(5-2)12(9)17-13(18-3)16-8-15/h6-7H,4-5H2,1-3H3,(H,16,17). The van der Waals surface area contributed by atoms with E-state index in [9.17, 15) is 0 Å². The summed E-state index contributed by atoms with van der Waals surface area (Å²) >= 11 is 7.61. The van der Waals surface area contributed by atoms with Gasteiger partial charge in [0.25, 0.3) is 0 Å². The van der Waals surface area contributed by atoms with Crippen molar-refractivity contribution >= 4 is 34.2 Å². The first-order chi connectivity index (χ1) is 8.67. The van der Waals surface area contributed by atoms with E-state index in [2.05, 4.69) is 24.2 Å². The molecule has 0 saturated heterocycles. The van der Waals surface area contributed by atoms with E-state index in [4.69, 9.17) is 16.9 Å². The Morgan fingerprint density at radius 3 is 2.67 bits per heavy atom. The number of hydrogen-bond donors (Lipinski definition) is 1. The van der Waals surface area contributed by atoms with E-state index in [0.29, 0.717) is 5.17 Å². The molecule has 3 nitrogen and oxygen atoms in total. The first-order valence-electron chi connectivity index (χ1n) is 5.75. The summed E-state index contributed by atoms with van der Waals surface area (Å²) in [5.41, 5.74) is 3.06. The molecule has 0 aliphatic heterocycles. The van der Waals surface area contributed by atoms with Gasteiger partial charge in [-0.25, -0.2) is 4.99 Å². The smallest absolute Gasteiger partial charge is 0.183 e. The highest BCUT2D eigenvalue weighted by Crippen LogP contribution is 2.32. The van der Waals surface area contributed by atoms with E-state index >= 15 is 0 Å². The lowest BCUT2D eigenvalue weighted by Crippen LogP contribution is -2.13. The number of nitrogens with one attached hydrogen (secondary N) is 1. The van der Waals surface area contributed by atoms with Gasteiger partial charge in [-0.05, 0) is 36.3 Å². The monoisotopic (exact) mass is 281 g/mol. The minimum absolute atomic E-state index is 0.587. The topological polar surface area (TPSA) is 48.2 Å². The molecule has 0 fully saturated rings. The normalized spacial score (nSPS) is 11.2. The third-order valence-corrected chi connectivity index (χ3v) is 3.55. The summed E-state index contributed by atoms with van der Waals surface area (Å²) in [4.78, 5) is 4.53. The average Bonchev–Trinajstić information content (AvgIpc) is 2.38. The highest BCUT2D eigenvalue weighted by Gasteiger charge is 2.10. The Balaban J connectivity index is 3.36. The van der Waals surface area contributed by atoms with Crippen LogP contribution in [0, 0.1) is 11.5 Å².